The second kappa shape index (κ2) is 5.48. The molecule has 0 unspecified atom stereocenters. The van der Waals surface area contributed by atoms with Gasteiger partial charge in [-0.1, -0.05) is 6.07 Å². The number of hydrogen-bond acceptors (Lipinski definition) is 3. The first-order valence-electron chi connectivity index (χ1n) is 5.79. The summed E-state index contributed by atoms with van der Waals surface area (Å²) in [5.41, 5.74) is 4.23. The number of carbonyl (C=O) groups excluding carboxylic acids is 1. The van der Waals surface area contributed by atoms with E-state index in [4.69, 9.17) is 4.74 Å². The first kappa shape index (κ1) is 11.6. The zero-order chi connectivity index (χ0) is 12.1. The Bertz CT molecular complexity index is 433. The smallest absolute Gasteiger partial charge is 0.271 e. The first-order valence-corrected chi connectivity index (χ1v) is 5.79. The number of benzene rings is 1. The molecule has 1 aromatic carbocycles. The molecule has 1 aliphatic rings. The number of nitrogens with zero attached hydrogens (tertiary/aromatic N) is 1. The van der Waals surface area contributed by atoms with Crippen molar-refractivity contribution in [2.24, 2.45) is 5.10 Å². The van der Waals surface area contributed by atoms with E-state index in [1.165, 1.54) is 12.8 Å². The Morgan fingerprint density at radius 2 is 2.12 bits per heavy atom. The maximum absolute atomic E-state index is 11.8. The molecule has 0 saturated heterocycles. The number of rotatable bonds is 3. The Kier molecular flexibility index (Phi) is 3.75. The second-order valence-electron chi connectivity index (χ2n) is 4.06. The lowest BCUT2D eigenvalue weighted by molar-refractivity contribution is 0.0954. The van der Waals surface area contributed by atoms with Crippen LogP contribution in [-0.2, 0) is 0 Å². The predicted molar refractivity (Wildman–Crippen MR) is 66.4 cm³/mol. The van der Waals surface area contributed by atoms with Crippen LogP contribution in [0.5, 0.6) is 5.75 Å². The van der Waals surface area contributed by atoms with Crippen molar-refractivity contribution in [3.63, 3.8) is 0 Å². The van der Waals surface area contributed by atoms with Gasteiger partial charge in [-0.15, -0.1) is 0 Å². The molecule has 0 heterocycles. The Morgan fingerprint density at radius 3 is 2.82 bits per heavy atom. The fraction of sp³-hybridized carbons (Fsp3) is 0.385. The van der Waals surface area contributed by atoms with Crippen LogP contribution in [0.25, 0.3) is 0 Å². The topological polar surface area (TPSA) is 50.7 Å². The van der Waals surface area contributed by atoms with Crippen molar-refractivity contribution in [3.05, 3.63) is 29.8 Å². The molecule has 1 aromatic rings. The van der Waals surface area contributed by atoms with Crippen molar-refractivity contribution < 1.29 is 9.53 Å². The highest BCUT2D eigenvalue weighted by Crippen LogP contribution is 2.15. The number of hydrazone groups is 1. The van der Waals surface area contributed by atoms with Crippen molar-refractivity contribution >= 4 is 11.6 Å². The normalized spacial score (nSPS) is 14.5. The fourth-order valence-electron chi connectivity index (χ4n) is 1.85. The summed E-state index contributed by atoms with van der Waals surface area (Å²) in [6.45, 7) is 0. The van der Waals surface area contributed by atoms with Gasteiger partial charge in [0.1, 0.15) is 5.75 Å². The lowest BCUT2D eigenvalue weighted by atomic mass is 10.2. The van der Waals surface area contributed by atoms with Crippen LogP contribution < -0.4 is 10.2 Å². The molecular weight excluding hydrogens is 216 g/mol. The Balaban J connectivity index is 2.01. The zero-order valence-electron chi connectivity index (χ0n) is 9.90. The first-order chi connectivity index (χ1) is 8.29. The lowest BCUT2D eigenvalue weighted by Crippen LogP contribution is -2.19. The summed E-state index contributed by atoms with van der Waals surface area (Å²) in [6, 6.07) is 7.03. The maximum Gasteiger partial charge on any atom is 0.271 e. The Labute approximate surface area is 101 Å². The average molecular weight is 232 g/mol. The van der Waals surface area contributed by atoms with Crippen molar-refractivity contribution in [2.75, 3.05) is 7.11 Å². The lowest BCUT2D eigenvalue weighted by Gasteiger charge is -2.03. The van der Waals surface area contributed by atoms with Gasteiger partial charge in [0, 0.05) is 11.3 Å². The minimum Gasteiger partial charge on any atom is -0.497 e. The van der Waals surface area contributed by atoms with Crippen LogP contribution >= 0.6 is 0 Å². The number of carbonyl (C=O) groups is 1. The van der Waals surface area contributed by atoms with Crippen LogP contribution in [0.1, 0.15) is 36.0 Å². The van der Waals surface area contributed by atoms with E-state index in [9.17, 15) is 4.79 Å². The molecule has 0 aromatic heterocycles. The summed E-state index contributed by atoms with van der Waals surface area (Å²) in [5.74, 6) is 0.481. The van der Waals surface area contributed by atoms with Crippen LogP contribution in [-0.4, -0.2) is 18.7 Å². The van der Waals surface area contributed by atoms with Gasteiger partial charge in [0.05, 0.1) is 7.11 Å². The predicted octanol–water partition coefficient (Wildman–Crippen LogP) is 2.36. The monoisotopic (exact) mass is 232 g/mol. The summed E-state index contributed by atoms with van der Waals surface area (Å²) < 4.78 is 5.07. The van der Waals surface area contributed by atoms with Crippen LogP contribution in [0.2, 0.25) is 0 Å². The molecule has 17 heavy (non-hydrogen) atoms. The Hall–Kier alpha value is -1.84. The molecule has 1 amide bonds. The third kappa shape index (κ3) is 3.06. The minimum atomic E-state index is -0.191. The number of methoxy groups -OCH3 is 1. The van der Waals surface area contributed by atoms with Crippen LogP contribution in [0, 0.1) is 0 Å². The molecule has 1 saturated carbocycles. The highest BCUT2D eigenvalue weighted by Gasteiger charge is 2.10. The highest BCUT2D eigenvalue weighted by atomic mass is 16.5. The van der Waals surface area contributed by atoms with E-state index in [1.54, 1.807) is 31.4 Å². The SMILES string of the molecule is COc1cccc(C(=O)NN=C2CCCC2)c1. The minimum absolute atomic E-state index is 0.191. The van der Waals surface area contributed by atoms with Crippen molar-refractivity contribution in [1.29, 1.82) is 0 Å². The quantitative estimate of drug-likeness (QED) is 0.813. The molecule has 4 nitrogen and oxygen atoms in total. The van der Waals surface area contributed by atoms with Gasteiger partial charge in [-0.05, 0) is 43.9 Å². The van der Waals surface area contributed by atoms with Crippen LogP contribution in [0.4, 0.5) is 0 Å². The molecule has 1 fully saturated rings. The summed E-state index contributed by atoms with van der Waals surface area (Å²) in [6.07, 6.45) is 4.35. The number of hydrogen-bond donors (Lipinski definition) is 1. The third-order valence-electron chi connectivity index (χ3n) is 2.83. The molecule has 0 bridgehead atoms. The van der Waals surface area contributed by atoms with E-state index in [0.717, 1.165) is 18.6 Å². The van der Waals surface area contributed by atoms with Gasteiger partial charge in [0.2, 0.25) is 0 Å². The fourth-order valence-corrected chi connectivity index (χ4v) is 1.85. The molecule has 1 aliphatic carbocycles. The largest absolute Gasteiger partial charge is 0.497 e. The molecular formula is C13H16N2O2. The van der Waals surface area contributed by atoms with Crippen molar-refractivity contribution in [2.45, 2.75) is 25.7 Å². The summed E-state index contributed by atoms with van der Waals surface area (Å²) in [4.78, 5) is 11.8. The molecule has 4 heteroatoms. The maximum atomic E-state index is 11.8. The third-order valence-corrected chi connectivity index (χ3v) is 2.83. The summed E-state index contributed by atoms with van der Waals surface area (Å²) in [7, 11) is 1.58. The van der Waals surface area contributed by atoms with E-state index in [0.29, 0.717) is 11.3 Å². The number of ether oxygens (including phenoxy) is 1. The van der Waals surface area contributed by atoms with Gasteiger partial charge >= 0.3 is 0 Å². The van der Waals surface area contributed by atoms with Crippen molar-refractivity contribution in [1.82, 2.24) is 5.43 Å². The molecule has 1 N–H and O–H groups in total. The molecule has 2 rings (SSSR count). The standard InChI is InChI=1S/C13H16N2O2/c1-17-12-8-4-5-10(9-12)13(16)15-14-11-6-2-3-7-11/h4-5,8-9H,2-3,6-7H2,1H3,(H,15,16). The number of amides is 1. The van der Waals surface area contributed by atoms with E-state index in [2.05, 4.69) is 10.5 Å². The van der Waals surface area contributed by atoms with Gasteiger partial charge in [-0.3, -0.25) is 4.79 Å². The molecule has 90 valence electrons. The number of nitrogens with one attached hydrogen (secondary N) is 1. The van der Waals surface area contributed by atoms with Crippen LogP contribution in [0.15, 0.2) is 29.4 Å². The van der Waals surface area contributed by atoms with Gasteiger partial charge in [0.15, 0.2) is 0 Å². The van der Waals surface area contributed by atoms with Gasteiger partial charge in [-0.2, -0.15) is 5.10 Å². The summed E-state index contributed by atoms with van der Waals surface area (Å²) >= 11 is 0. The average Bonchev–Trinajstić information content (AvgIpc) is 2.89. The summed E-state index contributed by atoms with van der Waals surface area (Å²) in [5, 5.41) is 4.13. The molecule has 0 spiro atoms. The molecule has 0 radical (unpaired) electrons. The van der Waals surface area contributed by atoms with E-state index >= 15 is 0 Å². The second-order valence-corrected chi connectivity index (χ2v) is 4.06. The van der Waals surface area contributed by atoms with Gasteiger partial charge in [-0.25, -0.2) is 5.43 Å². The molecule has 0 atom stereocenters. The molecule has 0 aliphatic heterocycles. The van der Waals surface area contributed by atoms with Gasteiger partial charge < -0.3 is 4.74 Å². The van der Waals surface area contributed by atoms with E-state index in [1.807, 2.05) is 0 Å². The highest BCUT2D eigenvalue weighted by molar-refractivity contribution is 5.96. The van der Waals surface area contributed by atoms with Crippen molar-refractivity contribution in [3.8, 4) is 5.75 Å². The van der Waals surface area contributed by atoms with E-state index < -0.39 is 0 Å². The van der Waals surface area contributed by atoms with Crippen LogP contribution in [0.3, 0.4) is 0 Å². The van der Waals surface area contributed by atoms with E-state index in [-0.39, 0.29) is 5.91 Å². The van der Waals surface area contributed by atoms with Gasteiger partial charge in [0.25, 0.3) is 5.91 Å². The zero-order valence-corrected chi connectivity index (χ0v) is 9.90. The Morgan fingerprint density at radius 1 is 1.35 bits per heavy atom.